The van der Waals surface area contributed by atoms with E-state index in [4.69, 9.17) is 10.00 Å². The van der Waals surface area contributed by atoms with Crippen LogP contribution in [0.25, 0.3) is 0 Å². The molecule has 1 aromatic carbocycles. The fourth-order valence-corrected chi connectivity index (χ4v) is 1.77. The van der Waals surface area contributed by atoms with Gasteiger partial charge in [-0.2, -0.15) is 5.26 Å². The molecule has 0 saturated carbocycles. The van der Waals surface area contributed by atoms with Crippen molar-refractivity contribution >= 4 is 21.9 Å². The third-order valence-corrected chi connectivity index (χ3v) is 3.23. The molecule has 16 heavy (non-hydrogen) atoms. The van der Waals surface area contributed by atoms with Crippen LogP contribution in [-0.4, -0.2) is 12.6 Å². The molecule has 4 heteroatoms. The second-order valence-electron chi connectivity index (χ2n) is 3.36. The number of rotatable bonds is 3. The van der Waals surface area contributed by atoms with E-state index in [2.05, 4.69) is 22.0 Å². The third kappa shape index (κ3) is 3.07. The number of hydrogen-bond acceptors (Lipinski definition) is 3. The Morgan fingerprint density at radius 2 is 2.25 bits per heavy atom. The quantitative estimate of drug-likeness (QED) is 0.801. The number of ether oxygens (including phenoxy) is 1. The number of benzene rings is 1. The van der Waals surface area contributed by atoms with Crippen LogP contribution >= 0.6 is 15.9 Å². The van der Waals surface area contributed by atoms with Gasteiger partial charge in [-0.1, -0.05) is 15.9 Å². The van der Waals surface area contributed by atoms with Gasteiger partial charge in [0.2, 0.25) is 0 Å². The Kier molecular flexibility index (Phi) is 4.51. The van der Waals surface area contributed by atoms with E-state index < -0.39 is 0 Å². The van der Waals surface area contributed by atoms with Crippen LogP contribution in [0.4, 0.5) is 0 Å². The zero-order chi connectivity index (χ0) is 12.1. The van der Waals surface area contributed by atoms with Crippen molar-refractivity contribution in [1.29, 1.82) is 5.26 Å². The van der Waals surface area contributed by atoms with Crippen molar-refractivity contribution in [2.45, 2.75) is 20.3 Å². The van der Waals surface area contributed by atoms with Gasteiger partial charge in [-0.25, -0.2) is 0 Å². The molecule has 0 heterocycles. The van der Waals surface area contributed by atoms with Gasteiger partial charge in [0.15, 0.2) is 0 Å². The number of carbonyl (C=O) groups excluding carboxylic acids is 1. The predicted octanol–water partition coefficient (Wildman–Crippen LogP) is 2.73. The Hall–Kier alpha value is -1.34. The summed E-state index contributed by atoms with van der Waals surface area (Å²) in [6.45, 7) is 4.02. The number of aryl methyl sites for hydroxylation is 1. The number of nitriles is 1. The molecule has 0 spiro atoms. The van der Waals surface area contributed by atoms with Gasteiger partial charge in [-0.3, -0.25) is 4.79 Å². The monoisotopic (exact) mass is 281 g/mol. The van der Waals surface area contributed by atoms with Crippen molar-refractivity contribution in [2.24, 2.45) is 0 Å². The maximum atomic E-state index is 11.3. The Morgan fingerprint density at radius 1 is 1.56 bits per heavy atom. The minimum absolute atomic E-state index is 0.185. The molecule has 0 radical (unpaired) electrons. The highest BCUT2D eigenvalue weighted by Crippen LogP contribution is 2.23. The van der Waals surface area contributed by atoms with Crippen LogP contribution in [0.3, 0.4) is 0 Å². The summed E-state index contributed by atoms with van der Waals surface area (Å²) in [4.78, 5) is 11.3. The number of halogens is 1. The SMILES string of the molecule is CCOC(=O)Cc1cc(C#N)cc(C)c1Br. The zero-order valence-corrected chi connectivity index (χ0v) is 10.8. The number of hydrogen-bond donors (Lipinski definition) is 0. The van der Waals surface area contributed by atoms with Gasteiger partial charge in [0.05, 0.1) is 24.7 Å². The van der Waals surface area contributed by atoms with E-state index in [0.717, 1.165) is 15.6 Å². The van der Waals surface area contributed by atoms with Crippen molar-refractivity contribution in [2.75, 3.05) is 6.61 Å². The van der Waals surface area contributed by atoms with E-state index in [1.807, 2.05) is 6.92 Å². The highest BCUT2D eigenvalue weighted by molar-refractivity contribution is 9.10. The van der Waals surface area contributed by atoms with Gasteiger partial charge in [0, 0.05) is 4.47 Å². The molecule has 0 unspecified atom stereocenters. The molecule has 0 fully saturated rings. The average Bonchev–Trinajstić information content (AvgIpc) is 2.24. The Bertz CT molecular complexity index is 449. The Morgan fingerprint density at radius 3 is 2.81 bits per heavy atom. The molecule has 0 saturated heterocycles. The molecule has 1 aromatic rings. The number of nitrogens with zero attached hydrogens (tertiary/aromatic N) is 1. The minimum Gasteiger partial charge on any atom is -0.466 e. The third-order valence-electron chi connectivity index (χ3n) is 2.10. The molecular formula is C12H12BrNO2. The first-order chi connectivity index (χ1) is 7.58. The standard InChI is InChI=1S/C12H12BrNO2/c1-3-16-11(15)6-10-5-9(7-14)4-8(2)12(10)13/h4-5H,3,6H2,1-2H3. The lowest BCUT2D eigenvalue weighted by atomic mass is 10.0. The first-order valence-electron chi connectivity index (χ1n) is 4.93. The average molecular weight is 282 g/mol. The molecule has 0 bridgehead atoms. The van der Waals surface area contributed by atoms with Gasteiger partial charge >= 0.3 is 5.97 Å². The highest BCUT2D eigenvalue weighted by atomic mass is 79.9. The van der Waals surface area contributed by atoms with Crippen LogP contribution in [0.15, 0.2) is 16.6 Å². The smallest absolute Gasteiger partial charge is 0.310 e. The van der Waals surface area contributed by atoms with E-state index in [9.17, 15) is 4.79 Å². The van der Waals surface area contributed by atoms with Crippen molar-refractivity contribution in [3.63, 3.8) is 0 Å². The van der Waals surface area contributed by atoms with Gasteiger partial charge < -0.3 is 4.74 Å². The van der Waals surface area contributed by atoms with Crippen molar-refractivity contribution < 1.29 is 9.53 Å². The molecule has 1 rings (SSSR count). The first-order valence-corrected chi connectivity index (χ1v) is 5.72. The van der Waals surface area contributed by atoms with Gasteiger partial charge in [-0.05, 0) is 37.1 Å². The molecule has 0 aliphatic heterocycles. The second-order valence-corrected chi connectivity index (χ2v) is 4.15. The normalized spacial score (nSPS) is 9.62. The lowest BCUT2D eigenvalue weighted by molar-refractivity contribution is -0.142. The summed E-state index contributed by atoms with van der Waals surface area (Å²) in [6, 6.07) is 5.55. The molecule has 0 amide bonds. The fourth-order valence-electron chi connectivity index (χ4n) is 1.40. The molecule has 0 N–H and O–H groups in total. The molecule has 84 valence electrons. The minimum atomic E-state index is -0.280. The molecule has 0 aliphatic carbocycles. The van der Waals surface area contributed by atoms with Gasteiger partial charge in [0.1, 0.15) is 0 Å². The molecule has 0 aliphatic rings. The summed E-state index contributed by atoms with van der Waals surface area (Å²) in [7, 11) is 0. The van der Waals surface area contributed by atoms with Crippen molar-refractivity contribution in [1.82, 2.24) is 0 Å². The van der Waals surface area contributed by atoms with Crippen LogP contribution in [0.1, 0.15) is 23.6 Å². The summed E-state index contributed by atoms with van der Waals surface area (Å²) in [5.74, 6) is -0.280. The zero-order valence-electron chi connectivity index (χ0n) is 9.21. The van der Waals surface area contributed by atoms with Crippen molar-refractivity contribution in [3.8, 4) is 6.07 Å². The van der Waals surface area contributed by atoms with Crippen LogP contribution in [0.5, 0.6) is 0 Å². The van der Waals surface area contributed by atoms with E-state index in [1.165, 1.54) is 0 Å². The summed E-state index contributed by atoms with van der Waals surface area (Å²) >= 11 is 3.41. The maximum absolute atomic E-state index is 11.3. The van der Waals surface area contributed by atoms with E-state index in [0.29, 0.717) is 12.2 Å². The second kappa shape index (κ2) is 5.66. The summed E-state index contributed by atoms with van der Waals surface area (Å²) in [5.41, 5.74) is 2.29. The topological polar surface area (TPSA) is 50.1 Å². The van der Waals surface area contributed by atoms with E-state index in [1.54, 1.807) is 19.1 Å². The Balaban J connectivity index is 3.00. The molecule has 0 atom stereocenters. The predicted molar refractivity (Wildman–Crippen MR) is 63.9 cm³/mol. The molecule has 0 aromatic heterocycles. The lowest BCUT2D eigenvalue weighted by Crippen LogP contribution is -2.08. The summed E-state index contributed by atoms with van der Waals surface area (Å²) in [6.07, 6.45) is 0.185. The molecular weight excluding hydrogens is 270 g/mol. The summed E-state index contributed by atoms with van der Waals surface area (Å²) < 4.78 is 5.73. The summed E-state index contributed by atoms with van der Waals surface area (Å²) in [5, 5.41) is 8.83. The van der Waals surface area contributed by atoms with Crippen molar-refractivity contribution in [3.05, 3.63) is 33.3 Å². The Labute approximate surface area is 103 Å². The van der Waals surface area contributed by atoms with Gasteiger partial charge in [-0.15, -0.1) is 0 Å². The highest BCUT2D eigenvalue weighted by Gasteiger charge is 2.10. The van der Waals surface area contributed by atoms with Gasteiger partial charge in [0.25, 0.3) is 0 Å². The van der Waals surface area contributed by atoms with Crippen LogP contribution < -0.4 is 0 Å². The first kappa shape index (κ1) is 12.7. The largest absolute Gasteiger partial charge is 0.466 e. The van der Waals surface area contributed by atoms with Crippen LogP contribution in [-0.2, 0) is 16.0 Å². The maximum Gasteiger partial charge on any atom is 0.310 e. The van der Waals surface area contributed by atoms with Crippen LogP contribution in [0, 0.1) is 18.3 Å². The number of esters is 1. The van der Waals surface area contributed by atoms with E-state index >= 15 is 0 Å². The lowest BCUT2D eigenvalue weighted by Gasteiger charge is -2.07. The molecule has 3 nitrogen and oxygen atoms in total. The van der Waals surface area contributed by atoms with E-state index in [-0.39, 0.29) is 12.4 Å². The van der Waals surface area contributed by atoms with Crippen LogP contribution in [0.2, 0.25) is 0 Å². The number of carbonyl (C=O) groups is 1. The fraction of sp³-hybridized carbons (Fsp3) is 0.333.